The van der Waals surface area contributed by atoms with Gasteiger partial charge in [-0.15, -0.1) is 0 Å². The summed E-state index contributed by atoms with van der Waals surface area (Å²) >= 11 is 3.31. The molecule has 2 aromatic carbocycles. The third-order valence-corrected chi connectivity index (χ3v) is 4.53. The van der Waals surface area contributed by atoms with E-state index in [1.54, 1.807) is 6.07 Å². The zero-order chi connectivity index (χ0) is 20.0. The molecule has 0 atom stereocenters. The smallest absolute Gasteiger partial charge is 0.340 e. The molecule has 2 rings (SSSR count). The van der Waals surface area contributed by atoms with Crippen LogP contribution in [0.25, 0.3) is 0 Å². The molecule has 0 saturated carbocycles. The molecule has 0 bridgehead atoms. The van der Waals surface area contributed by atoms with E-state index >= 15 is 0 Å². The van der Waals surface area contributed by atoms with E-state index in [1.165, 1.54) is 27.4 Å². The second-order valence-electron chi connectivity index (χ2n) is 5.45. The van der Waals surface area contributed by atoms with Gasteiger partial charge in [-0.25, -0.2) is 4.79 Å². The Kier molecular flexibility index (Phi) is 7.06. The molecular formula is C19H20BrNO6. The van der Waals surface area contributed by atoms with Crippen molar-refractivity contribution in [3.8, 4) is 17.2 Å². The number of para-hydroxylation sites is 1. The molecule has 0 fully saturated rings. The van der Waals surface area contributed by atoms with Gasteiger partial charge in [0.2, 0.25) is 5.75 Å². The molecule has 27 heavy (non-hydrogen) atoms. The fourth-order valence-corrected chi connectivity index (χ4v) is 3.00. The van der Waals surface area contributed by atoms with E-state index in [2.05, 4.69) is 21.2 Å². The maximum absolute atomic E-state index is 12.4. The Bertz CT molecular complexity index is 852. The lowest BCUT2D eigenvalue weighted by Crippen LogP contribution is -2.21. The number of anilines is 1. The average molecular weight is 438 g/mol. The number of aryl methyl sites for hydroxylation is 1. The summed E-state index contributed by atoms with van der Waals surface area (Å²) in [6.45, 7) is 1.44. The maximum atomic E-state index is 12.4. The summed E-state index contributed by atoms with van der Waals surface area (Å²) in [7, 11) is 4.34. The minimum atomic E-state index is -0.707. The van der Waals surface area contributed by atoms with Gasteiger partial charge in [-0.05, 0) is 40.5 Å². The Balaban J connectivity index is 2.14. The summed E-state index contributed by atoms with van der Waals surface area (Å²) in [4.78, 5) is 24.5. The molecule has 0 spiro atoms. The fraction of sp³-hybridized carbons (Fsp3) is 0.263. The van der Waals surface area contributed by atoms with E-state index in [4.69, 9.17) is 18.9 Å². The first-order valence-electron chi connectivity index (χ1n) is 7.94. The number of methoxy groups -OCH3 is 3. The van der Waals surface area contributed by atoms with Crippen LogP contribution in [0.2, 0.25) is 0 Å². The maximum Gasteiger partial charge on any atom is 0.340 e. The normalized spacial score (nSPS) is 10.1. The highest BCUT2D eigenvalue weighted by Crippen LogP contribution is 2.44. The SMILES string of the molecule is COc1cc(C(=O)OCC(=O)Nc2ccccc2C)c(Br)c(OC)c1OC. The molecule has 0 heterocycles. The van der Waals surface area contributed by atoms with Gasteiger partial charge in [0.25, 0.3) is 5.91 Å². The monoisotopic (exact) mass is 437 g/mol. The zero-order valence-electron chi connectivity index (χ0n) is 15.4. The molecule has 0 aliphatic heterocycles. The van der Waals surface area contributed by atoms with E-state index in [9.17, 15) is 9.59 Å². The summed E-state index contributed by atoms with van der Waals surface area (Å²) in [6.07, 6.45) is 0. The van der Waals surface area contributed by atoms with Gasteiger partial charge in [0.05, 0.1) is 31.4 Å². The highest BCUT2D eigenvalue weighted by atomic mass is 79.9. The predicted octanol–water partition coefficient (Wildman–Crippen LogP) is 3.58. The first kappa shape index (κ1) is 20.6. The minimum absolute atomic E-state index is 0.146. The van der Waals surface area contributed by atoms with Crippen LogP contribution in [-0.4, -0.2) is 39.8 Å². The van der Waals surface area contributed by atoms with Crippen LogP contribution >= 0.6 is 15.9 Å². The van der Waals surface area contributed by atoms with Crippen molar-refractivity contribution in [2.75, 3.05) is 33.3 Å². The van der Waals surface area contributed by atoms with Crippen molar-refractivity contribution >= 4 is 33.5 Å². The number of hydrogen-bond acceptors (Lipinski definition) is 6. The van der Waals surface area contributed by atoms with Crippen molar-refractivity contribution in [3.05, 3.63) is 45.9 Å². The van der Waals surface area contributed by atoms with Gasteiger partial charge < -0.3 is 24.3 Å². The Morgan fingerprint density at radius 1 is 1.04 bits per heavy atom. The van der Waals surface area contributed by atoms with Crippen LogP contribution in [-0.2, 0) is 9.53 Å². The number of amides is 1. The number of nitrogens with one attached hydrogen (secondary N) is 1. The van der Waals surface area contributed by atoms with Crippen molar-refractivity contribution in [1.82, 2.24) is 0 Å². The van der Waals surface area contributed by atoms with Crippen LogP contribution in [0, 0.1) is 6.92 Å². The summed E-state index contributed by atoms with van der Waals surface area (Å²) in [5, 5.41) is 2.70. The lowest BCUT2D eigenvalue weighted by atomic mass is 10.2. The van der Waals surface area contributed by atoms with Gasteiger partial charge in [0.15, 0.2) is 18.1 Å². The molecule has 7 nitrogen and oxygen atoms in total. The van der Waals surface area contributed by atoms with Gasteiger partial charge in [0, 0.05) is 5.69 Å². The van der Waals surface area contributed by atoms with Crippen molar-refractivity contribution in [2.45, 2.75) is 6.92 Å². The standard InChI is InChI=1S/C19H20BrNO6/c1-11-7-5-6-8-13(11)21-15(22)10-27-19(23)12-9-14(24-2)17(25-3)18(26-4)16(12)20/h5-9H,10H2,1-4H3,(H,21,22). The molecule has 2 aromatic rings. The molecule has 0 aromatic heterocycles. The number of carbonyl (C=O) groups excluding carboxylic acids is 2. The van der Waals surface area contributed by atoms with Gasteiger partial charge in [-0.2, -0.15) is 0 Å². The first-order chi connectivity index (χ1) is 12.9. The van der Waals surface area contributed by atoms with Crippen LogP contribution < -0.4 is 19.5 Å². The third-order valence-electron chi connectivity index (χ3n) is 3.74. The number of carbonyl (C=O) groups is 2. The Labute approximate surface area is 165 Å². The molecule has 8 heteroatoms. The Morgan fingerprint density at radius 2 is 1.70 bits per heavy atom. The number of hydrogen-bond donors (Lipinski definition) is 1. The Hall–Kier alpha value is -2.74. The lowest BCUT2D eigenvalue weighted by molar-refractivity contribution is -0.119. The summed E-state index contributed by atoms with van der Waals surface area (Å²) in [5.74, 6) is -0.231. The molecule has 0 saturated heterocycles. The molecule has 144 valence electrons. The number of halogens is 1. The largest absolute Gasteiger partial charge is 0.493 e. The highest BCUT2D eigenvalue weighted by Gasteiger charge is 2.24. The van der Waals surface area contributed by atoms with Gasteiger partial charge >= 0.3 is 5.97 Å². The molecule has 0 radical (unpaired) electrons. The van der Waals surface area contributed by atoms with E-state index in [0.29, 0.717) is 21.7 Å². The minimum Gasteiger partial charge on any atom is -0.493 e. The van der Waals surface area contributed by atoms with Crippen molar-refractivity contribution < 1.29 is 28.5 Å². The van der Waals surface area contributed by atoms with Gasteiger partial charge in [0.1, 0.15) is 0 Å². The molecule has 0 aliphatic rings. The highest BCUT2D eigenvalue weighted by molar-refractivity contribution is 9.10. The number of benzene rings is 2. The molecule has 0 aliphatic carbocycles. The van der Waals surface area contributed by atoms with Gasteiger partial charge in [-0.3, -0.25) is 4.79 Å². The van der Waals surface area contributed by atoms with Crippen LogP contribution in [0.1, 0.15) is 15.9 Å². The predicted molar refractivity (Wildman–Crippen MR) is 104 cm³/mol. The quantitative estimate of drug-likeness (QED) is 0.666. The van der Waals surface area contributed by atoms with Crippen LogP contribution in [0.5, 0.6) is 17.2 Å². The van der Waals surface area contributed by atoms with Crippen molar-refractivity contribution in [1.29, 1.82) is 0 Å². The van der Waals surface area contributed by atoms with E-state index in [-0.39, 0.29) is 11.3 Å². The lowest BCUT2D eigenvalue weighted by Gasteiger charge is -2.16. The average Bonchev–Trinajstić information content (AvgIpc) is 2.67. The molecular weight excluding hydrogens is 418 g/mol. The van der Waals surface area contributed by atoms with Crippen LogP contribution in [0.4, 0.5) is 5.69 Å². The number of ether oxygens (including phenoxy) is 4. The van der Waals surface area contributed by atoms with E-state index in [1.807, 2.05) is 25.1 Å². The van der Waals surface area contributed by atoms with Crippen molar-refractivity contribution in [3.63, 3.8) is 0 Å². The summed E-state index contributed by atoms with van der Waals surface area (Å²) in [6, 6.07) is 8.77. The zero-order valence-corrected chi connectivity index (χ0v) is 17.0. The molecule has 0 unspecified atom stereocenters. The summed E-state index contributed by atoms with van der Waals surface area (Å²) in [5.41, 5.74) is 1.71. The molecule has 1 N–H and O–H groups in total. The second kappa shape index (κ2) is 9.27. The van der Waals surface area contributed by atoms with Crippen molar-refractivity contribution in [2.24, 2.45) is 0 Å². The fourth-order valence-electron chi connectivity index (χ4n) is 2.38. The topological polar surface area (TPSA) is 83.1 Å². The number of rotatable bonds is 7. The molecule has 1 amide bonds. The summed E-state index contributed by atoms with van der Waals surface area (Å²) < 4.78 is 21.2. The Morgan fingerprint density at radius 3 is 2.30 bits per heavy atom. The second-order valence-corrected chi connectivity index (χ2v) is 6.24. The number of esters is 1. The van der Waals surface area contributed by atoms with E-state index in [0.717, 1.165) is 5.56 Å². The van der Waals surface area contributed by atoms with Crippen LogP contribution in [0.15, 0.2) is 34.8 Å². The van der Waals surface area contributed by atoms with Gasteiger partial charge in [-0.1, -0.05) is 18.2 Å². The first-order valence-corrected chi connectivity index (χ1v) is 8.73. The van der Waals surface area contributed by atoms with E-state index < -0.39 is 18.5 Å². The van der Waals surface area contributed by atoms with Crippen LogP contribution in [0.3, 0.4) is 0 Å². The third kappa shape index (κ3) is 4.71.